The molecule has 8 nitrogen and oxygen atoms in total. The van der Waals surface area contributed by atoms with E-state index in [9.17, 15) is 13.2 Å². The molecule has 3 aromatic rings. The number of ether oxygens (including phenoxy) is 1. The fourth-order valence-corrected chi connectivity index (χ4v) is 5.61. The summed E-state index contributed by atoms with van der Waals surface area (Å²) < 4.78 is 36.6. The summed E-state index contributed by atoms with van der Waals surface area (Å²) in [7, 11) is -2.01. The number of aryl methyl sites for hydroxylation is 2. The normalized spacial score (nSPS) is 14.3. The van der Waals surface area contributed by atoms with Crippen molar-refractivity contribution in [3.63, 3.8) is 0 Å². The summed E-state index contributed by atoms with van der Waals surface area (Å²) in [5.41, 5.74) is 3.08. The molecule has 1 aliphatic rings. The molecule has 0 aliphatic carbocycles. The molecular formula is C25H29N3O5S. The van der Waals surface area contributed by atoms with Crippen molar-refractivity contribution in [2.45, 2.75) is 25.2 Å². The van der Waals surface area contributed by atoms with Crippen molar-refractivity contribution in [2.24, 2.45) is 0 Å². The van der Waals surface area contributed by atoms with Gasteiger partial charge in [-0.25, -0.2) is 8.42 Å². The Morgan fingerprint density at radius 1 is 1.03 bits per heavy atom. The first-order valence-corrected chi connectivity index (χ1v) is 12.9. The third-order valence-corrected chi connectivity index (χ3v) is 7.94. The number of benzene rings is 2. The van der Waals surface area contributed by atoms with Gasteiger partial charge in [0.1, 0.15) is 5.75 Å². The van der Waals surface area contributed by atoms with Crippen molar-refractivity contribution in [1.82, 2.24) is 10.1 Å². The van der Waals surface area contributed by atoms with Gasteiger partial charge in [-0.3, -0.25) is 4.79 Å². The smallest absolute Gasteiger partial charge is 0.223 e. The molecule has 1 aromatic heterocycles. The molecule has 4 rings (SSSR count). The number of carbonyl (C=O) groups excluding carboxylic acids is 1. The first-order valence-electron chi connectivity index (χ1n) is 11.2. The zero-order valence-corrected chi connectivity index (χ0v) is 20.5. The number of methoxy groups -OCH3 is 1. The maximum Gasteiger partial charge on any atom is 0.223 e. The minimum atomic E-state index is -3.64. The highest BCUT2D eigenvalue weighted by molar-refractivity contribution is 7.91. The van der Waals surface area contributed by atoms with Gasteiger partial charge in [0.05, 0.1) is 23.5 Å². The first kappa shape index (κ1) is 23.8. The molecule has 1 amide bonds. The van der Waals surface area contributed by atoms with Gasteiger partial charge in [0.25, 0.3) is 0 Å². The molecule has 180 valence electrons. The van der Waals surface area contributed by atoms with Crippen LogP contribution in [-0.4, -0.2) is 63.4 Å². The Morgan fingerprint density at radius 2 is 1.74 bits per heavy atom. The van der Waals surface area contributed by atoms with Crippen LogP contribution in [0.2, 0.25) is 0 Å². The molecular weight excluding hydrogens is 454 g/mol. The predicted molar refractivity (Wildman–Crippen MR) is 130 cm³/mol. The molecule has 0 radical (unpaired) electrons. The molecule has 1 aliphatic heterocycles. The van der Waals surface area contributed by atoms with Gasteiger partial charge in [-0.15, -0.1) is 0 Å². The van der Waals surface area contributed by atoms with Crippen molar-refractivity contribution in [3.8, 4) is 17.1 Å². The number of carbonyl (C=O) groups is 1. The molecule has 0 spiro atoms. The number of aromatic nitrogens is 1. The van der Waals surface area contributed by atoms with Gasteiger partial charge in [-0.2, -0.15) is 0 Å². The average Bonchev–Trinajstić information content (AvgIpc) is 3.29. The zero-order chi connectivity index (χ0) is 24.3. The Hall–Kier alpha value is -3.33. The second-order valence-electron chi connectivity index (χ2n) is 8.45. The van der Waals surface area contributed by atoms with Crippen LogP contribution in [0.1, 0.15) is 17.7 Å². The van der Waals surface area contributed by atoms with E-state index in [1.54, 1.807) is 44.1 Å². The minimum Gasteiger partial charge on any atom is -0.497 e. The highest BCUT2D eigenvalue weighted by Crippen LogP contribution is 2.27. The number of rotatable bonds is 7. The Balaban J connectivity index is 1.36. The van der Waals surface area contributed by atoms with E-state index in [0.717, 1.165) is 17.1 Å². The number of hydrogen-bond donors (Lipinski definition) is 0. The van der Waals surface area contributed by atoms with Gasteiger partial charge in [0, 0.05) is 49.9 Å². The minimum absolute atomic E-state index is 0.0457. The van der Waals surface area contributed by atoms with Gasteiger partial charge in [0.15, 0.2) is 15.6 Å². The lowest BCUT2D eigenvalue weighted by Gasteiger charge is -2.36. The molecule has 0 saturated carbocycles. The molecule has 0 atom stereocenters. The third-order valence-electron chi connectivity index (χ3n) is 6.09. The van der Waals surface area contributed by atoms with Crippen molar-refractivity contribution in [2.75, 3.05) is 43.9 Å². The van der Waals surface area contributed by atoms with Gasteiger partial charge >= 0.3 is 0 Å². The molecule has 0 N–H and O–H groups in total. The van der Waals surface area contributed by atoms with Crippen LogP contribution >= 0.6 is 0 Å². The lowest BCUT2D eigenvalue weighted by Crippen LogP contribution is -2.49. The fourth-order valence-electron chi connectivity index (χ4n) is 4.08. The average molecular weight is 484 g/mol. The van der Waals surface area contributed by atoms with Crippen LogP contribution in [0.3, 0.4) is 0 Å². The van der Waals surface area contributed by atoms with Crippen LogP contribution in [-0.2, 0) is 14.6 Å². The largest absolute Gasteiger partial charge is 0.497 e. The monoisotopic (exact) mass is 483 g/mol. The van der Waals surface area contributed by atoms with Crippen molar-refractivity contribution in [3.05, 3.63) is 59.8 Å². The maximum absolute atomic E-state index is 13.1. The van der Waals surface area contributed by atoms with Crippen LogP contribution in [0.15, 0.2) is 57.9 Å². The Morgan fingerprint density at radius 3 is 2.35 bits per heavy atom. The standard InChI is InChI=1S/C25H29N3O5S/c1-18-4-5-20(23-16-19(2)26-33-23)17-24(18)34(30,31)15-10-25(29)28-13-11-27(12-14-28)21-6-8-22(32-3)9-7-21/h4-9,16-17H,10-15H2,1-3H3. The predicted octanol–water partition coefficient (Wildman–Crippen LogP) is 3.48. The van der Waals surface area contributed by atoms with E-state index in [0.29, 0.717) is 43.1 Å². The summed E-state index contributed by atoms with van der Waals surface area (Å²) >= 11 is 0. The molecule has 0 unspecified atom stereocenters. The molecule has 34 heavy (non-hydrogen) atoms. The summed E-state index contributed by atoms with van der Waals surface area (Å²) in [6.07, 6.45) is -0.0457. The fraction of sp³-hybridized carbons (Fsp3) is 0.360. The number of nitrogens with zero attached hydrogens (tertiary/aromatic N) is 3. The number of anilines is 1. The van der Waals surface area contributed by atoms with E-state index in [2.05, 4.69) is 10.1 Å². The van der Waals surface area contributed by atoms with Crippen LogP contribution in [0, 0.1) is 13.8 Å². The number of sulfone groups is 1. The van der Waals surface area contributed by atoms with Gasteiger partial charge in [-0.05, 0) is 49.7 Å². The van der Waals surface area contributed by atoms with E-state index < -0.39 is 9.84 Å². The van der Waals surface area contributed by atoms with Crippen LogP contribution in [0.5, 0.6) is 5.75 Å². The van der Waals surface area contributed by atoms with Crippen molar-refractivity contribution >= 4 is 21.4 Å². The summed E-state index contributed by atoms with van der Waals surface area (Å²) in [6, 6.07) is 14.7. The van der Waals surface area contributed by atoms with Gasteiger partial charge in [0.2, 0.25) is 5.91 Å². The summed E-state index contributed by atoms with van der Waals surface area (Å²) in [5, 5.41) is 3.87. The van der Waals surface area contributed by atoms with E-state index in [1.807, 2.05) is 30.3 Å². The maximum atomic E-state index is 13.1. The molecule has 2 heterocycles. The summed E-state index contributed by atoms with van der Waals surface area (Å²) in [5.74, 6) is 0.942. The summed E-state index contributed by atoms with van der Waals surface area (Å²) in [6.45, 7) is 6.07. The topological polar surface area (TPSA) is 93.0 Å². The number of hydrogen-bond acceptors (Lipinski definition) is 7. The van der Waals surface area contributed by atoms with Crippen molar-refractivity contribution < 1.29 is 22.5 Å². The van der Waals surface area contributed by atoms with Crippen LogP contribution in [0.4, 0.5) is 5.69 Å². The van der Waals surface area contributed by atoms with Crippen molar-refractivity contribution in [1.29, 1.82) is 0 Å². The third kappa shape index (κ3) is 5.25. The van der Waals surface area contributed by atoms with E-state index in [-0.39, 0.29) is 23.0 Å². The Labute approximate surface area is 200 Å². The van der Waals surface area contributed by atoms with Crippen LogP contribution < -0.4 is 9.64 Å². The molecule has 9 heteroatoms. The Kier molecular flexibility index (Phi) is 6.92. The second-order valence-corrected chi connectivity index (χ2v) is 10.5. The lowest BCUT2D eigenvalue weighted by atomic mass is 10.1. The molecule has 1 saturated heterocycles. The molecule has 1 fully saturated rings. The zero-order valence-electron chi connectivity index (χ0n) is 19.7. The SMILES string of the molecule is COc1ccc(N2CCN(C(=O)CCS(=O)(=O)c3cc(-c4cc(C)no4)ccc3C)CC2)cc1. The second kappa shape index (κ2) is 9.89. The Bertz CT molecular complexity index is 1260. The number of amides is 1. The van der Waals surface area contributed by atoms with E-state index >= 15 is 0 Å². The highest BCUT2D eigenvalue weighted by atomic mass is 32.2. The quantitative estimate of drug-likeness (QED) is 0.508. The lowest BCUT2D eigenvalue weighted by molar-refractivity contribution is -0.131. The first-order chi connectivity index (χ1) is 16.3. The van der Waals surface area contributed by atoms with E-state index in [1.165, 1.54) is 0 Å². The van der Waals surface area contributed by atoms with Gasteiger partial charge in [-0.1, -0.05) is 17.3 Å². The summed E-state index contributed by atoms with van der Waals surface area (Å²) in [4.78, 5) is 17.0. The van der Waals surface area contributed by atoms with Crippen LogP contribution in [0.25, 0.3) is 11.3 Å². The van der Waals surface area contributed by atoms with Gasteiger partial charge < -0.3 is 19.1 Å². The number of piperazine rings is 1. The molecule has 0 bridgehead atoms. The van der Waals surface area contributed by atoms with E-state index in [4.69, 9.17) is 9.26 Å². The highest BCUT2D eigenvalue weighted by Gasteiger charge is 2.25. The molecule has 2 aromatic carbocycles.